The number of hydrogen-bond acceptors (Lipinski definition) is 2. The number of unbranched alkanes of at least 4 members (excludes halogenated alkanes) is 1. The second-order valence-corrected chi connectivity index (χ2v) is 6.17. The average Bonchev–Trinajstić information content (AvgIpc) is 2.57. The number of ether oxygens (including phenoxy) is 2. The third-order valence-corrected chi connectivity index (χ3v) is 4.21. The van der Waals surface area contributed by atoms with Gasteiger partial charge in [-0.05, 0) is 53.6 Å². The minimum atomic E-state index is -1.27. The fourth-order valence-electron chi connectivity index (χ4n) is 2.12. The van der Waals surface area contributed by atoms with E-state index in [1.807, 2.05) is 0 Å². The summed E-state index contributed by atoms with van der Waals surface area (Å²) in [6.07, 6.45) is 1.35. The highest BCUT2D eigenvalue weighted by Gasteiger charge is 2.20. The van der Waals surface area contributed by atoms with Gasteiger partial charge in [0.05, 0.1) is 10.2 Å². The molecular weight excluding hydrogens is 439 g/mol. The van der Waals surface area contributed by atoms with Gasteiger partial charge in [0.15, 0.2) is 23.2 Å². The summed E-state index contributed by atoms with van der Waals surface area (Å²) in [5, 5.41) is 0. The van der Waals surface area contributed by atoms with Crippen molar-refractivity contribution in [3.05, 3.63) is 51.1 Å². The van der Waals surface area contributed by atoms with Gasteiger partial charge in [-0.15, -0.1) is 0 Å². The molecule has 0 saturated heterocycles. The Kier molecular flexibility index (Phi) is 6.85. The monoisotopic (exact) mass is 454 g/mol. The molecule has 0 atom stereocenters. The Hall–Kier alpha value is -1.35. The van der Waals surface area contributed by atoms with Gasteiger partial charge in [-0.3, -0.25) is 0 Å². The van der Waals surface area contributed by atoms with Crippen LogP contribution < -0.4 is 4.74 Å². The first-order valence-corrected chi connectivity index (χ1v) is 8.28. The van der Waals surface area contributed by atoms with Crippen molar-refractivity contribution in [2.24, 2.45) is 0 Å². The largest absolute Gasteiger partial charge is 0.490 e. The van der Waals surface area contributed by atoms with Crippen LogP contribution in [0.4, 0.5) is 17.6 Å². The van der Waals surface area contributed by atoms with Crippen LogP contribution in [0, 0.1) is 26.8 Å². The molecule has 0 heterocycles. The van der Waals surface area contributed by atoms with Crippen LogP contribution in [0.2, 0.25) is 0 Å². The molecule has 0 saturated carbocycles. The molecule has 0 spiro atoms. The summed E-state index contributed by atoms with van der Waals surface area (Å²) in [6, 6.07) is 4.89. The molecule has 24 heavy (non-hydrogen) atoms. The summed E-state index contributed by atoms with van der Waals surface area (Å²) in [5.41, 5.74) is -0.692. The predicted octanol–water partition coefficient (Wildman–Crippen LogP) is 5.32. The molecular formula is C17H15F4IO2. The molecule has 0 bridgehead atoms. The van der Waals surface area contributed by atoms with E-state index in [1.54, 1.807) is 29.7 Å². The molecule has 2 aromatic rings. The first-order valence-electron chi connectivity index (χ1n) is 7.21. The Bertz CT molecular complexity index is 722. The lowest BCUT2D eigenvalue weighted by Crippen LogP contribution is -2.03. The fraction of sp³-hybridized carbons (Fsp3) is 0.294. The number of benzene rings is 2. The second-order valence-electron chi connectivity index (χ2n) is 5.01. The molecule has 0 amide bonds. The van der Waals surface area contributed by atoms with E-state index >= 15 is 0 Å². The minimum Gasteiger partial charge on any atom is -0.490 e. The molecule has 0 aliphatic rings. The summed E-state index contributed by atoms with van der Waals surface area (Å²) >= 11 is 1.62. The van der Waals surface area contributed by atoms with Crippen molar-refractivity contribution < 1.29 is 27.0 Å². The molecule has 0 radical (unpaired) electrons. The summed E-state index contributed by atoms with van der Waals surface area (Å²) in [4.78, 5) is 0. The Morgan fingerprint density at radius 1 is 0.792 bits per heavy atom. The summed E-state index contributed by atoms with van der Waals surface area (Å²) in [7, 11) is 1.57. The average molecular weight is 454 g/mol. The van der Waals surface area contributed by atoms with E-state index in [0.29, 0.717) is 13.0 Å². The van der Waals surface area contributed by atoms with Gasteiger partial charge in [0.2, 0.25) is 5.82 Å². The van der Waals surface area contributed by atoms with Crippen LogP contribution in [-0.2, 0) is 4.74 Å². The maximum atomic E-state index is 14.2. The van der Waals surface area contributed by atoms with Crippen molar-refractivity contribution in [1.82, 2.24) is 0 Å². The van der Waals surface area contributed by atoms with Crippen molar-refractivity contribution in [1.29, 1.82) is 0 Å². The van der Waals surface area contributed by atoms with Gasteiger partial charge in [-0.2, -0.15) is 4.39 Å². The Labute approximate surface area is 150 Å². The highest BCUT2D eigenvalue weighted by atomic mass is 127. The van der Waals surface area contributed by atoms with Crippen molar-refractivity contribution in [2.45, 2.75) is 12.8 Å². The van der Waals surface area contributed by atoms with Crippen molar-refractivity contribution in [2.75, 3.05) is 20.3 Å². The van der Waals surface area contributed by atoms with E-state index in [-0.39, 0.29) is 27.1 Å². The van der Waals surface area contributed by atoms with Gasteiger partial charge in [-0.25, -0.2) is 13.2 Å². The zero-order chi connectivity index (χ0) is 17.7. The standard InChI is InChI=1S/C17H15F4IO2/c1-23-8-2-3-9-24-13-7-5-11(15(19)17(13)21)10-4-6-12(22)16(20)14(10)18/h4-7H,2-3,8-9H2,1H3. The van der Waals surface area contributed by atoms with Gasteiger partial charge >= 0.3 is 0 Å². The maximum absolute atomic E-state index is 14.2. The van der Waals surface area contributed by atoms with Crippen LogP contribution >= 0.6 is 22.6 Å². The topological polar surface area (TPSA) is 18.5 Å². The molecule has 2 nitrogen and oxygen atoms in total. The zero-order valence-corrected chi connectivity index (χ0v) is 15.0. The molecule has 2 rings (SSSR count). The SMILES string of the molecule is COCCCCOc1ccc(-c2ccc(I)c(F)c2F)c(F)c1F. The van der Waals surface area contributed by atoms with Crippen molar-refractivity contribution in [3.8, 4) is 16.9 Å². The first-order chi connectivity index (χ1) is 11.5. The molecule has 0 fully saturated rings. The van der Waals surface area contributed by atoms with Crippen LogP contribution in [0.15, 0.2) is 24.3 Å². The highest BCUT2D eigenvalue weighted by molar-refractivity contribution is 14.1. The van der Waals surface area contributed by atoms with E-state index in [0.717, 1.165) is 6.42 Å². The third kappa shape index (κ3) is 4.18. The minimum absolute atomic E-state index is 0.0609. The summed E-state index contributed by atoms with van der Waals surface area (Å²) in [6.45, 7) is 0.752. The maximum Gasteiger partial charge on any atom is 0.201 e. The lowest BCUT2D eigenvalue weighted by atomic mass is 10.0. The number of hydrogen-bond donors (Lipinski definition) is 0. The van der Waals surface area contributed by atoms with Gasteiger partial charge in [0, 0.05) is 24.8 Å². The molecule has 0 aliphatic carbocycles. The Morgan fingerprint density at radius 3 is 2.04 bits per heavy atom. The molecule has 0 N–H and O–H groups in total. The van der Waals surface area contributed by atoms with E-state index in [4.69, 9.17) is 9.47 Å². The smallest absolute Gasteiger partial charge is 0.201 e. The van der Waals surface area contributed by atoms with Crippen LogP contribution in [-0.4, -0.2) is 20.3 Å². The van der Waals surface area contributed by atoms with E-state index in [9.17, 15) is 17.6 Å². The molecule has 0 unspecified atom stereocenters. The van der Waals surface area contributed by atoms with E-state index in [2.05, 4.69) is 0 Å². The second kappa shape index (κ2) is 8.66. The first kappa shape index (κ1) is 19.0. The molecule has 130 valence electrons. The summed E-state index contributed by atoms with van der Waals surface area (Å²) in [5.74, 6) is -5.07. The normalized spacial score (nSPS) is 10.9. The van der Waals surface area contributed by atoms with Crippen LogP contribution in [0.25, 0.3) is 11.1 Å². The van der Waals surface area contributed by atoms with Crippen LogP contribution in [0.3, 0.4) is 0 Å². The van der Waals surface area contributed by atoms with E-state index in [1.165, 1.54) is 24.3 Å². The Balaban J connectivity index is 2.23. The lowest BCUT2D eigenvalue weighted by Gasteiger charge is -2.11. The van der Waals surface area contributed by atoms with Crippen LogP contribution in [0.5, 0.6) is 5.75 Å². The molecule has 0 aromatic heterocycles. The van der Waals surface area contributed by atoms with Gasteiger partial charge in [0.1, 0.15) is 0 Å². The van der Waals surface area contributed by atoms with Crippen molar-refractivity contribution >= 4 is 22.6 Å². The molecule has 0 aliphatic heterocycles. The number of methoxy groups -OCH3 is 1. The number of halogens is 5. The Morgan fingerprint density at radius 2 is 1.38 bits per heavy atom. The van der Waals surface area contributed by atoms with Gasteiger partial charge < -0.3 is 9.47 Å². The van der Waals surface area contributed by atoms with Gasteiger partial charge in [-0.1, -0.05) is 6.07 Å². The summed E-state index contributed by atoms with van der Waals surface area (Å²) < 4.78 is 66.0. The van der Waals surface area contributed by atoms with E-state index < -0.39 is 23.3 Å². The van der Waals surface area contributed by atoms with Crippen LogP contribution in [0.1, 0.15) is 12.8 Å². The third-order valence-electron chi connectivity index (χ3n) is 3.37. The molecule has 2 aromatic carbocycles. The van der Waals surface area contributed by atoms with Gasteiger partial charge in [0.25, 0.3) is 0 Å². The molecule has 7 heteroatoms. The van der Waals surface area contributed by atoms with Crippen molar-refractivity contribution in [3.63, 3.8) is 0 Å². The lowest BCUT2D eigenvalue weighted by molar-refractivity contribution is 0.183. The number of rotatable bonds is 7. The fourth-order valence-corrected chi connectivity index (χ4v) is 2.53. The predicted molar refractivity (Wildman–Crippen MR) is 91.0 cm³/mol. The zero-order valence-electron chi connectivity index (χ0n) is 12.8. The highest BCUT2D eigenvalue weighted by Crippen LogP contribution is 2.33. The quantitative estimate of drug-likeness (QED) is 0.244.